The van der Waals surface area contributed by atoms with Crippen molar-refractivity contribution in [2.24, 2.45) is 0 Å². The predicted octanol–water partition coefficient (Wildman–Crippen LogP) is 1.92. The molecule has 0 radical (unpaired) electrons. The SMILES string of the molecule is Nc1cccnc1C(=O)N1CCc2sccc2C1. The molecule has 3 heterocycles. The lowest BCUT2D eigenvalue weighted by molar-refractivity contribution is 0.0731. The summed E-state index contributed by atoms with van der Waals surface area (Å²) < 4.78 is 0. The summed E-state index contributed by atoms with van der Waals surface area (Å²) in [4.78, 5) is 19.6. The van der Waals surface area contributed by atoms with Crippen molar-refractivity contribution >= 4 is 22.9 Å². The Morgan fingerprint density at radius 2 is 2.33 bits per heavy atom. The minimum atomic E-state index is -0.0787. The first-order valence-corrected chi connectivity index (χ1v) is 6.68. The molecule has 2 aromatic rings. The molecule has 0 saturated heterocycles. The van der Waals surface area contributed by atoms with Crippen molar-refractivity contribution in [3.8, 4) is 0 Å². The van der Waals surface area contributed by atoms with E-state index in [0.29, 0.717) is 17.9 Å². The molecule has 2 N–H and O–H groups in total. The number of rotatable bonds is 1. The van der Waals surface area contributed by atoms with Gasteiger partial charge in [-0.1, -0.05) is 0 Å². The molecule has 3 rings (SSSR count). The van der Waals surface area contributed by atoms with E-state index in [1.54, 1.807) is 29.7 Å². The molecule has 18 heavy (non-hydrogen) atoms. The number of nitrogens with two attached hydrogens (primary N) is 1. The molecule has 0 atom stereocenters. The van der Waals surface area contributed by atoms with Crippen molar-refractivity contribution in [2.45, 2.75) is 13.0 Å². The number of carbonyl (C=O) groups excluding carboxylic acids is 1. The molecule has 0 unspecified atom stereocenters. The highest BCUT2D eigenvalue weighted by Crippen LogP contribution is 2.25. The first kappa shape index (κ1) is 11.2. The molecule has 0 aliphatic carbocycles. The third-order valence-electron chi connectivity index (χ3n) is 3.14. The van der Waals surface area contributed by atoms with Crippen LogP contribution in [0.5, 0.6) is 0 Å². The maximum Gasteiger partial charge on any atom is 0.274 e. The van der Waals surface area contributed by atoms with E-state index in [0.717, 1.165) is 13.0 Å². The number of hydrogen-bond donors (Lipinski definition) is 1. The number of anilines is 1. The van der Waals surface area contributed by atoms with Crippen LogP contribution in [0, 0.1) is 0 Å². The van der Waals surface area contributed by atoms with Gasteiger partial charge in [-0.05, 0) is 35.6 Å². The number of nitrogens with zero attached hydrogens (tertiary/aromatic N) is 2. The van der Waals surface area contributed by atoms with Crippen LogP contribution in [0.15, 0.2) is 29.8 Å². The zero-order chi connectivity index (χ0) is 12.5. The molecule has 4 nitrogen and oxygen atoms in total. The largest absolute Gasteiger partial charge is 0.397 e. The van der Waals surface area contributed by atoms with E-state index >= 15 is 0 Å². The average Bonchev–Trinajstić information content (AvgIpc) is 2.85. The van der Waals surface area contributed by atoms with Crippen molar-refractivity contribution < 1.29 is 4.79 Å². The number of fused-ring (bicyclic) bond motifs is 1. The van der Waals surface area contributed by atoms with Crippen LogP contribution in [-0.2, 0) is 13.0 Å². The van der Waals surface area contributed by atoms with E-state index in [9.17, 15) is 4.79 Å². The fourth-order valence-electron chi connectivity index (χ4n) is 2.17. The molecule has 0 saturated carbocycles. The Bertz CT molecular complexity index is 593. The van der Waals surface area contributed by atoms with Crippen molar-refractivity contribution in [3.05, 3.63) is 45.9 Å². The molecule has 0 spiro atoms. The summed E-state index contributed by atoms with van der Waals surface area (Å²) in [6, 6.07) is 5.53. The zero-order valence-electron chi connectivity index (χ0n) is 9.80. The van der Waals surface area contributed by atoms with Gasteiger partial charge in [-0.25, -0.2) is 4.98 Å². The monoisotopic (exact) mass is 259 g/mol. The summed E-state index contributed by atoms with van der Waals surface area (Å²) in [5.41, 5.74) is 7.84. The Morgan fingerprint density at radius 1 is 1.44 bits per heavy atom. The quantitative estimate of drug-likeness (QED) is 0.851. The minimum Gasteiger partial charge on any atom is -0.397 e. The van der Waals surface area contributed by atoms with Crippen molar-refractivity contribution in [1.29, 1.82) is 0 Å². The summed E-state index contributed by atoms with van der Waals surface area (Å²) in [5, 5.41) is 2.08. The lowest BCUT2D eigenvalue weighted by Gasteiger charge is -2.26. The summed E-state index contributed by atoms with van der Waals surface area (Å²) in [6.45, 7) is 1.40. The lowest BCUT2D eigenvalue weighted by Crippen LogP contribution is -2.36. The smallest absolute Gasteiger partial charge is 0.274 e. The van der Waals surface area contributed by atoms with Crippen molar-refractivity contribution in [1.82, 2.24) is 9.88 Å². The molecule has 92 valence electrons. The highest BCUT2D eigenvalue weighted by Gasteiger charge is 2.24. The summed E-state index contributed by atoms with van der Waals surface area (Å²) >= 11 is 1.76. The maximum atomic E-state index is 12.3. The van der Waals surface area contributed by atoms with Gasteiger partial charge in [-0.3, -0.25) is 4.79 Å². The van der Waals surface area contributed by atoms with E-state index in [1.807, 2.05) is 4.90 Å². The number of pyridine rings is 1. The highest BCUT2D eigenvalue weighted by atomic mass is 32.1. The third-order valence-corrected chi connectivity index (χ3v) is 4.16. The van der Waals surface area contributed by atoms with Gasteiger partial charge in [0.05, 0.1) is 5.69 Å². The first-order valence-electron chi connectivity index (χ1n) is 5.80. The Hall–Kier alpha value is -1.88. The van der Waals surface area contributed by atoms with Gasteiger partial charge in [0.2, 0.25) is 0 Å². The van der Waals surface area contributed by atoms with Crippen LogP contribution in [0.3, 0.4) is 0 Å². The predicted molar refractivity (Wildman–Crippen MR) is 71.4 cm³/mol. The van der Waals surface area contributed by atoms with E-state index in [1.165, 1.54) is 10.4 Å². The van der Waals surface area contributed by atoms with Crippen LogP contribution >= 0.6 is 11.3 Å². The van der Waals surface area contributed by atoms with Gasteiger partial charge in [0.1, 0.15) is 0 Å². The van der Waals surface area contributed by atoms with Crippen molar-refractivity contribution in [3.63, 3.8) is 0 Å². The molecule has 1 amide bonds. The van der Waals surface area contributed by atoms with Gasteiger partial charge in [0, 0.05) is 24.2 Å². The van der Waals surface area contributed by atoms with Crippen LogP contribution < -0.4 is 5.73 Å². The molecular formula is C13H13N3OS. The molecule has 2 aromatic heterocycles. The van der Waals surface area contributed by atoms with Crippen LogP contribution in [0.25, 0.3) is 0 Å². The third kappa shape index (κ3) is 1.86. The van der Waals surface area contributed by atoms with Gasteiger partial charge in [0.15, 0.2) is 5.69 Å². The van der Waals surface area contributed by atoms with E-state index in [4.69, 9.17) is 5.73 Å². The number of carbonyl (C=O) groups is 1. The summed E-state index contributed by atoms with van der Waals surface area (Å²) in [5.74, 6) is -0.0787. The number of amides is 1. The minimum absolute atomic E-state index is 0.0787. The second-order valence-corrected chi connectivity index (χ2v) is 5.29. The Balaban J connectivity index is 1.85. The maximum absolute atomic E-state index is 12.3. The van der Waals surface area contributed by atoms with Gasteiger partial charge < -0.3 is 10.6 Å². The number of hydrogen-bond acceptors (Lipinski definition) is 4. The standard InChI is InChI=1S/C13H13N3OS/c14-10-2-1-5-15-12(10)13(17)16-6-3-11-9(8-16)4-7-18-11/h1-2,4-5,7H,3,6,8,14H2. The Labute approximate surface area is 109 Å². The van der Waals surface area contributed by atoms with Crippen LogP contribution in [0.2, 0.25) is 0 Å². The normalized spacial score (nSPS) is 14.3. The number of nitrogen functional groups attached to an aromatic ring is 1. The number of aromatic nitrogens is 1. The molecule has 0 bridgehead atoms. The van der Waals surface area contributed by atoms with Gasteiger partial charge in [-0.15, -0.1) is 11.3 Å². The van der Waals surface area contributed by atoms with Gasteiger partial charge >= 0.3 is 0 Å². The molecular weight excluding hydrogens is 246 g/mol. The molecule has 0 aromatic carbocycles. The van der Waals surface area contributed by atoms with Crippen LogP contribution in [0.4, 0.5) is 5.69 Å². The van der Waals surface area contributed by atoms with E-state index in [-0.39, 0.29) is 5.91 Å². The van der Waals surface area contributed by atoms with Crippen LogP contribution in [0.1, 0.15) is 20.9 Å². The average molecular weight is 259 g/mol. The molecule has 0 fully saturated rings. The summed E-state index contributed by atoms with van der Waals surface area (Å²) in [7, 11) is 0. The van der Waals surface area contributed by atoms with Gasteiger partial charge in [-0.2, -0.15) is 0 Å². The topological polar surface area (TPSA) is 59.2 Å². The Kier molecular flexibility index (Phi) is 2.76. The molecule has 5 heteroatoms. The Morgan fingerprint density at radius 3 is 3.17 bits per heavy atom. The fraction of sp³-hybridized carbons (Fsp3) is 0.231. The second-order valence-electron chi connectivity index (χ2n) is 4.29. The summed E-state index contributed by atoms with van der Waals surface area (Å²) in [6.07, 6.45) is 2.52. The van der Waals surface area contributed by atoms with Gasteiger partial charge in [0.25, 0.3) is 5.91 Å². The van der Waals surface area contributed by atoms with Crippen LogP contribution in [-0.4, -0.2) is 22.3 Å². The van der Waals surface area contributed by atoms with Crippen molar-refractivity contribution in [2.75, 3.05) is 12.3 Å². The molecule has 1 aliphatic heterocycles. The second kappa shape index (κ2) is 4.42. The highest BCUT2D eigenvalue weighted by molar-refractivity contribution is 7.10. The lowest BCUT2D eigenvalue weighted by atomic mass is 10.1. The molecule has 1 aliphatic rings. The fourth-order valence-corrected chi connectivity index (χ4v) is 3.06. The van der Waals surface area contributed by atoms with E-state index < -0.39 is 0 Å². The van der Waals surface area contributed by atoms with E-state index in [2.05, 4.69) is 16.4 Å². The number of thiophene rings is 1. The zero-order valence-corrected chi connectivity index (χ0v) is 10.6. The first-order chi connectivity index (χ1) is 8.75.